The Morgan fingerprint density at radius 2 is 2.20 bits per heavy atom. The topological polar surface area (TPSA) is 3.24 Å². The molecule has 0 fully saturated rings. The van der Waals surface area contributed by atoms with Crippen molar-refractivity contribution >= 4 is 15.9 Å². The first-order valence-corrected chi connectivity index (χ1v) is 6.40. The van der Waals surface area contributed by atoms with Gasteiger partial charge >= 0.3 is 0 Å². The molecule has 0 saturated carbocycles. The average Bonchev–Trinajstić information content (AvgIpc) is 2.19. The van der Waals surface area contributed by atoms with Gasteiger partial charge in [-0.25, -0.2) is 0 Å². The predicted octanol–water partition coefficient (Wildman–Crippen LogP) is 3.43. The van der Waals surface area contributed by atoms with Crippen LogP contribution in [0.25, 0.3) is 0 Å². The molecule has 1 aromatic rings. The minimum atomic E-state index is 0.723. The van der Waals surface area contributed by atoms with E-state index in [9.17, 15) is 0 Å². The number of benzene rings is 1. The van der Waals surface area contributed by atoms with Crippen molar-refractivity contribution in [2.75, 3.05) is 20.6 Å². The third-order valence-corrected chi connectivity index (χ3v) is 3.90. The number of likely N-dealkylation sites (N-methyl/N-ethyl adjacent to an activating group) is 1. The summed E-state index contributed by atoms with van der Waals surface area (Å²) >= 11 is 3.66. The molecule has 0 aromatic heterocycles. The van der Waals surface area contributed by atoms with Gasteiger partial charge in [0.25, 0.3) is 0 Å². The maximum atomic E-state index is 3.66. The van der Waals surface area contributed by atoms with Gasteiger partial charge in [0.05, 0.1) is 0 Å². The standard InChI is InChI=1S/C13H18BrN/c1-15(2)9-10-5-3-7-12-11(10)6-4-8-13(12)14/h4,6,8,10H,3,5,7,9H2,1-2H3. The molecule has 2 heteroatoms. The zero-order valence-electron chi connectivity index (χ0n) is 9.46. The highest BCUT2D eigenvalue weighted by Gasteiger charge is 2.21. The molecule has 82 valence electrons. The molecule has 1 unspecified atom stereocenters. The normalized spacial score (nSPS) is 20.4. The second-order valence-corrected chi connectivity index (χ2v) is 5.51. The molecule has 2 rings (SSSR count). The molecule has 0 aliphatic heterocycles. The van der Waals surface area contributed by atoms with Crippen molar-refractivity contribution in [3.05, 3.63) is 33.8 Å². The smallest absolute Gasteiger partial charge is 0.0210 e. The summed E-state index contributed by atoms with van der Waals surface area (Å²) in [5, 5.41) is 0. The van der Waals surface area contributed by atoms with Gasteiger partial charge < -0.3 is 4.90 Å². The minimum Gasteiger partial charge on any atom is -0.309 e. The van der Waals surface area contributed by atoms with E-state index in [0.717, 1.165) is 5.92 Å². The third-order valence-electron chi connectivity index (χ3n) is 3.16. The largest absolute Gasteiger partial charge is 0.309 e. The van der Waals surface area contributed by atoms with Gasteiger partial charge in [0.2, 0.25) is 0 Å². The van der Waals surface area contributed by atoms with Crippen LogP contribution >= 0.6 is 15.9 Å². The molecule has 0 bridgehead atoms. The van der Waals surface area contributed by atoms with Crippen molar-refractivity contribution in [2.45, 2.75) is 25.2 Å². The van der Waals surface area contributed by atoms with E-state index in [1.54, 1.807) is 5.56 Å². The van der Waals surface area contributed by atoms with Crippen LogP contribution in [-0.4, -0.2) is 25.5 Å². The quantitative estimate of drug-likeness (QED) is 0.794. The van der Waals surface area contributed by atoms with Gasteiger partial charge in [-0.3, -0.25) is 0 Å². The molecule has 0 spiro atoms. The second-order valence-electron chi connectivity index (χ2n) is 4.66. The molecule has 0 radical (unpaired) electrons. The van der Waals surface area contributed by atoms with Gasteiger partial charge in [-0.1, -0.05) is 28.1 Å². The summed E-state index contributed by atoms with van der Waals surface area (Å²) in [6, 6.07) is 6.63. The van der Waals surface area contributed by atoms with Crippen LogP contribution in [0.5, 0.6) is 0 Å². The van der Waals surface area contributed by atoms with E-state index >= 15 is 0 Å². The molecular weight excluding hydrogens is 250 g/mol. The molecular formula is C13H18BrN. The lowest BCUT2D eigenvalue weighted by atomic mass is 9.82. The van der Waals surface area contributed by atoms with E-state index in [2.05, 4.69) is 53.1 Å². The van der Waals surface area contributed by atoms with Crippen molar-refractivity contribution in [3.63, 3.8) is 0 Å². The Morgan fingerprint density at radius 1 is 1.40 bits per heavy atom. The first-order chi connectivity index (χ1) is 7.18. The molecule has 0 saturated heterocycles. The Kier molecular flexibility index (Phi) is 3.47. The zero-order chi connectivity index (χ0) is 10.8. The van der Waals surface area contributed by atoms with Crippen molar-refractivity contribution in [3.8, 4) is 0 Å². The summed E-state index contributed by atoms with van der Waals surface area (Å²) in [4.78, 5) is 2.29. The summed E-state index contributed by atoms with van der Waals surface area (Å²) in [5.74, 6) is 0.723. The Hall–Kier alpha value is -0.340. The van der Waals surface area contributed by atoms with Gasteiger partial charge in [-0.2, -0.15) is 0 Å². The van der Waals surface area contributed by atoms with Crippen LogP contribution in [0.4, 0.5) is 0 Å². The van der Waals surface area contributed by atoms with Gasteiger partial charge in [0, 0.05) is 11.0 Å². The fourth-order valence-electron chi connectivity index (χ4n) is 2.53. The van der Waals surface area contributed by atoms with Crippen LogP contribution in [0.1, 0.15) is 29.9 Å². The number of halogens is 1. The van der Waals surface area contributed by atoms with Gasteiger partial charge in [-0.05, 0) is 56.5 Å². The Bertz CT molecular complexity index is 346. The van der Waals surface area contributed by atoms with E-state index in [0.29, 0.717) is 0 Å². The van der Waals surface area contributed by atoms with Crippen LogP contribution in [0, 0.1) is 0 Å². The highest BCUT2D eigenvalue weighted by molar-refractivity contribution is 9.10. The molecule has 0 N–H and O–H groups in total. The van der Waals surface area contributed by atoms with Crippen molar-refractivity contribution < 1.29 is 0 Å². The van der Waals surface area contributed by atoms with Crippen LogP contribution in [0.15, 0.2) is 22.7 Å². The maximum Gasteiger partial charge on any atom is 0.0210 e. The summed E-state index contributed by atoms with van der Waals surface area (Å²) in [7, 11) is 4.32. The first-order valence-electron chi connectivity index (χ1n) is 5.60. The predicted molar refractivity (Wildman–Crippen MR) is 68.4 cm³/mol. The fraction of sp³-hybridized carbons (Fsp3) is 0.538. The fourth-order valence-corrected chi connectivity index (χ4v) is 3.11. The molecule has 1 atom stereocenters. The lowest BCUT2D eigenvalue weighted by Gasteiger charge is -2.28. The monoisotopic (exact) mass is 267 g/mol. The molecule has 1 aliphatic rings. The Balaban J connectivity index is 2.30. The van der Waals surface area contributed by atoms with E-state index in [-0.39, 0.29) is 0 Å². The van der Waals surface area contributed by atoms with Gasteiger partial charge in [0.15, 0.2) is 0 Å². The van der Waals surface area contributed by atoms with Gasteiger partial charge in [-0.15, -0.1) is 0 Å². The molecule has 1 nitrogen and oxygen atoms in total. The highest BCUT2D eigenvalue weighted by Crippen LogP contribution is 2.35. The average molecular weight is 268 g/mol. The van der Waals surface area contributed by atoms with Crippen LogP contribution in [0.2, 0.25) is 0 Å². The number of fused-ring (bicyclic) bond motifs is 1. The second kappa shape index (κ2) is 4.67. The van der Waals surface area contributed by atoms with Crippen molar-refractivity contribution in [2.24, 2.45) is 0 Å². The number of hydrogen-bond acceptors (Lipinski definition) is 1. The first kappa shape index (κ1) is 11.2. The Labute approximate surface area is 101 Å². The highest BCUT2D eigenvalue weighted by atomic mass is 79.9. The summed E-state index contributed by atoms with van der Waals surface area (Å²) in [5.41, 5.74) is 3.10. The molecule has 0 heterocycles. The molecule has 1 aromatic carbocycles. The lowest BCUT2D eigenvalue weighted by molar-refractivity contribution is 0.352. The van der Waals surface area contributed by atoms with Crippen LogP contribution in [0.3, 0.4) is 0 Å². The third kappa shape index (κ3) is 2.43. The summed E-state index contributed by atoms with van der Waals surface area (Å²) in [6.07, 6.45) is 3.90. The molecule has 1 aliphatic carbocycles. The van der Waals surface area contributed by atoms with Crippen molar-refractivity contribution in [1.29, 1.82) is 0 Å². The zero-order valence-corrected chi connectivity index (χ0v) is 11.0. The van der Waals surface area contributed by atoms with E-state index < -0.39 is 0 Å². The minimum absolute atomic E-state index is 0.723. The molecule has 15 heavy (non-hydrogen) atoms. The number of nitrogens with zero attached hydrogens (tertiary/aromatic N) is 1. The maximum absolute atomic E-state index is 3.66. The van der Waals surface area contributed by atoms with E-state index in [1.165, 1.54) is 35.8 Å². The summed E-state index contributed by atoms with van der Waals surface area (Å²) in [6.45, 7) is 1.17. The summed E-state index contributed by atoms with van der Waals surface area (Å²) < 4.78 is 1.29. The van der Waals surface area contributed by atoms with E-state index in [1.807, 2.05) is 0 Å². The number of hydrogen-bond donors (Lipinski definition) is 0. The molecule has 0 amide bonds. The Morgan fingerprint density at radius 3 is 2.93 bits per heavy atom. The van der Waals surface area contributed by atoms with Crippen LogP contribution < -0.4 is 0 Å². The SMILES string of the molecule is CN(C)CC1CCCc2c(Br)cccc21. The van der Waals surface area contributed by atoms with Gasteiger partial charge in [0.1, 0.15) is 0 Å². The number of rotatable bonds is 2. The van der Waals surface area contributed by atoms with Crippen LogP contribution in [-0.2, 0) is 6.42 Å². The van der Waals surface area contributed by atoms with Crippen molar-refractivity contribution in [1.82, 2.24) is 4.90 Å². The van der Waals surface area contributed by atoms with E-state index in [4.69, 9.17) is 0 Å². The lowest BCUT2D eigenvalue weighted by Crippen LogP contribution is -2.23.